The highest BCUT2D eigenvalue weighted by atomic mass is 79.9. The van der Waals surface area contributed by atoms with E-state index in [1.165, 1.54) is 13.3 Å². The van der Waals surface area contributed by atoms with Gasteiger partial charge in [-0.15, -0.1) is 0 Å². The summed E-state index contributed by atoms with van der Waals surface area (Å²) in [7, 11) is 0. The van der Waals surface area contributed by atoms with Crippen molar-refractivity contribution in [1.29, 1.82) is 0 Å². The van der Waals surface area contributed by atoms with Crippen LogP contribution in [-0.4, -0.2) is 17.6 Å². The number of nitrogens with one attached hydrogen (secondary N) is 2. The van der Waals surface area contributed by atoms with E-state index in [1.807, 2.05) is 42.5 Å². The Labute approximate surface area is 184 Å². The van der Waals surface area contributed by atoms with Crippen LogP contribution in [0, 0.1) is 0 Å². The molecule has 1 atom stereocenters. The minimum absolute atomic E-state index is 0.125. The van der Waals surface area contributed by atoms with E-state index < -0.39 is 11.8 Å². The fraction of sp³-hybridized carbons (Fsp3) is 0.391. The van der Waals surface area contributed by atoms with E-state index >= 15 is 0 Å². The Morgan fingerprint density at radius 1 is 1.03 bits per heavy atom. The first-order chi connectivity index (χ1) is 14.4. The van der Waals surface area contributed by atoms with Crippen molar-refractivity contribution in [2.45, 2.75) is 57.3 Å². The molecule has 1 fully saturated rings. The quantitative estimate of drug-likeness (QED) is 0.635. The van der Waals surface area contributed by atoms with Crippen LogP contribution in [0.25, 0.3) is 0 Å². The third-order valence-corrected chi connectivity index (χ3v) is 6.00. The molecule has 2 amide bonds. The Hall–Kier alpha value is -2.54. The highest BCUT2D eigenvalue weighted by Gasteiger charge is 2.42. The molecule has 7 heteroatoms. The molecule has 6 nitrogen and oxygen atoms in total. The molecule has 0 radical (unpaired) electrons. The van der Waals surface area contributed by atoms with Crippen molar-refractivity contribution in [1.82, 2.24) is 5.32 Å². The van der Waals surface area contributed by atoms with E-state index in [1.54, 1.807) is 0 Å². The smallest absolute Gasteiger partial charge is 0.251 e. The second-order valence-corrected chi connectivity index (χ2v) is 8.81. The number of ether oxygens (including phenoxy) is 2. The maximum absolute atomic E-state index is 12.7. The highest BCUT2D eigenvalue weighted by Crippen LogP contribution is 2.46. The maximum atomic E-state index is 12.7. The Balaban J connectivity index is 1.43. The summed E-state index contributed by atoms with van der Waals surface area (Å²) in [6.45, 7) is 1.45. The summed E-state index contributed by atoms with van der Waals surface area (Å²) in [5.74, 6) is 0.475. The Morgan fingerprint density at radius 2 is 1.73 bits per heavy atom. The van der Waals surface area contributed by atoms with E-state index in [0.29, 0.717) is 11.4 Å². The van der Waals surface area contributed by atoms with Crippen LogP contribution < -0.4 is 20.1 Å². The molecule has 2 aliphatic rings. The van der Waals surface area contributed by atoms with Crippen LogP contribution in [0.3, 0.4) is 0 Å². The van der Waals surface area contributed by atoms with Gasteiger partial charge in [-0.05, 0) is 42.7 Å². The minimum Gasteiger partial charge on any atom is -0.448 e. The van der Waals surface area contributed by atoms with Gasteiger partial charge in [-0.25, -0.2) is 0 Å². The summed E-state index contributed by atoms with van der Waals surface area (Å²) < 4.78 is 13.2. The number of carbonyl (C=O) groups excluding carboxylic acids is 2. The summed E-state index contributed by atoms with van der Waals surface area (Å²) in [5.41, 5.74) is 1.51. The van der Waals surface area contributed by atoms with E-state index in [0.717, 1.165) is 41.5 Å². The van der Waals surface area contributed by atoms with Crippen molar-refractivity contribution in [2.24, 2.45) is 0 Å². The Bertz CT molecular complexity index is 939. The predicted molar refractivity (Wildman–Crippen MR) is 117 cm³/mol. The molecule has 1 heterocycles. The summed E-state index contributed by atoms with van der Waals surface area (Å²) >= 11 is 3.40. The topological polar surface area (TPSA) is 76.7 Å². The number of amides is 2. The lowest BCUT2D eigenvalue weighted by molar-refractivity contribution is -0.120. The van der Waals surface area contributed by atoms with E-state index in [9.17, 15) is 9.59 Å². The van der Waals surface area contributed by atoms with Crippen LogP contribution in [0.2, 0.25) is 0 Å². The van der Waals surface area contributed by atoms with Gasteiger partial charge < -0.3 is 20.1 Å². The first-order valence-corrected chi connectivity index (χ1v) is 11.1. The molecule has 2 aromatic rings. The molecule has 0 saturated heterocycles. The van der Waals surface area contributed by atoms with Crippen LogP contribution in [0.4, 0.5) is 5.69 Å². The fourth-order valence-corrected chi connectivity index (χ4v) is 4.32. The average molecular weight is 473 g/mol. The molecule has 1 spiro atoms. The van der Waals surface area contributed by atoms with E-state index in [-0.39, 0.29) is 18.2 Å². The molecule has 30 heavy (non-hydrogen) atoms. The summed E-state index contributed by atoms with van der Waals surface area (Å²) in [4.78, 5) is 24.3. The predicted octanol–water partition coefficient (Wildman–Crippen LogP) is 5.09. The van der Waals surface area contributed by atoms with Gasteiger partial charge in [0.2, 0.25) is 11.8 Å². The van der Waals surface area contributed by atoms with Crippen LogP contribution in [0.5, 0.6) is 11.5 Å². The molecule has 1 saturated carbocycles. The van der Waals surface area contributed by atoms with Crippen LogP contribution >= 0.6 is 15.9 Å². The van der Waals surface area contributed by atoms with Gasteiger partial charge >= 0.3 is 0 Å². The van der Waals surface area contributed by atoms with Crippen molar-refractivity contribution in [3.8, 4) is 11.5 Å². The van der Waals surface area contributed by atoms with Crippen LogP contribution in [0.1, 0.15) is 57.1 Å². The number of carbonyl (C=O) groups is 2. The second-order valence-electron chi connectivity index (χ2n) is 7.89. The first kappa shape index (κ1) is 20.7. The van der Waals surface area contributed by atoms with E-state index in [4.69, 9.17) is 9.47 Å². The number of hydrogen-bond donors (Lipinski definition) is 2. The monoisotopic (exact) mass is 472 g/mol. The lowest BCUT2D eigenvalue weighted by Crippen LogP contribution is -2.40. The van der Waals surface area contributed by atoms with Crippen molar-refractivity contribution >= 4 is 33.4 Å². The standard InChI is InChI=1S/C23H25BrN2O4/c1-15(27)25-19(16-5-7-17(24)8-6-16)14-22(28)26-18-9-10-20-21(13-18)30-23(29-20)11-3-2-4-12-23/h5-10,13,19H,2-4,11-12,14H2,1H3,(H,25,27)(H,26,28). The van der Waals surface area contributed by atoms with Crippen LogP contribution in [0.15, 0.2) is 46.9 Å². The molecule has 0 aromatic heterocycles. The van der Waals surface area contributed by atoms with Gasteiger partial charge in [-0.2, -0.15) is 0 Å². The van der Waals surface area contributed by atoms with Gasteiger partial charge in [0.05, 0.1) is 12.5 Å². The zero-order valence-corrected chi connectivity index (χ0v) is 18.5. The zero-order valence-electron chi connectivity index (χ0n) is 16.9. The third kappa shape index (κ3) is 4.78. The van der Waals surface area contributed by atoms with Gasteiger partial charge in [-0.1, -0.05) is 34.5 Å². The summed E-state index contributed by atoms with van der Waals surface area (Å²) in [5, 5.41) is 5.77. The molecule has 2 N–H and O–H groups in total. The van der Waals surface area contributed by atoms with Crippen LogP contribution in [-0.2, 0) is 9.59 Å². The molecule has 4 rings (SSSR count). The van der Waals surface area contributed by atoms with E-state index in [2.05, 4.69) is 26.6 Å². The third-order valence-electron chi connectivity index (χ3n) is 5.47. The number of benzene rings is 2. The van der Waals surface area contributed by atoms with Gasteiger partial charge in [0.25, 0.3) is 5.79 Å². The van der Waals surface area contributed by atoms with Crippen molar-refractivity contribution in [2.75, 3.05) is 5.32 Å². The lowest BCUT2D eigenvalue weighted by Gasteiger charge is -2.31. The van der Waals surface area contributed by atoms with Crippen molar-refractivity contribution in [3.63, 3.8) is 0 Å². The maximum Gasteiger partial charge on any atom is 0.251 e. The SMILES string of the molecule is CC(=O)NC(CC(=O)Nc1ccc2c(c1)OC1(CCCCC1)O2)c1ccc(Br)cc1. The molecule has 158 valence electrons. The number of rotatable bonds is 5. The summed E-state index contributed by atoms with van der Waals surface area (Å²) in [6, 6.07) is 12.6. The molecule has 1 unspecified atom stereocenters. The number of fused-ring (bicyclic) bond motifs is 1. The lowest BCUT2D eigenvalue weighted by atomic mass is 9.94. The normalized spacial score (nSPS) is 17.4. The fourth-order valence-electron chi connectivity index (χ4n) is 4.06. The Kier molecular flexibility index (Phi) is 5.99. The zero-order chi connectivity index (χ0) is 21.1. The number of anilines is 1. The van der Waals surface area contributed by atoms with Crippen molar-refractivity contribution < 1.29 is 19.1 Å². The minimum atomic E-state index is -0.540. The number of halogens is 1. The second kappa shape index (κ2) is 8.68. The number of hydrogen-bond acceptors (Lipinski definition) is 4. The Morgan fingerprint density at radius 3 is 2.43 bits per heavy atom. The molecule has 0 bridgehead atoms. The van der Waals surface area contributed by atoms with Gasteiger partial charge in [0, 0.05) is 36.0 Å². The van der Waals surface area contributed by atoms with Gasteiger partial charge in [0.15, 0.2) is 11.5 Å². The first-order valence-electron chi connectivity index (χ1n) is 10.3. The molecular weight excluding hydrogens is 448 g/mol. The molecule has 1 aliphatic carbocycles. The van der Waals surface area contributed by atoms with Gasteiger partial charge in [0.1, 0.15) is 0 Å². The summed E-state index contributed by atoms with van der Waals surface area (Å²) in [6.07, 6.45) is 5.29. The molecule has 2 aromatic carbocycles. The molecule has 1 aliphatic heterocycles. The van der Waals surface area contributed by atoms with Gasteiger partial charge in [-0.3, -0.25) is 9.59 Å². The van der Waals surface area contributed by atoms with Crippen molar-refractivity contribution in [3.05, 3.63) is 52.5 Å². The largest absolute Gasteiger partial charge is 0.448 e. The molecular formula is C23H25BrN2O4. The average Bonchev–Trinajstić information content (AvgIpc) is 3.04. The highest BCUT2D eigenvalue weighted by molar-refractivity contribution is 9.10.